The highest BCUT2D eigenvalue weighted by molar-refractivity contribution is 8.18. The van der Waals surface area contributed by atoms with E-state index in [-0.39, 0.29) is 29.5 Å². The Morgan fingerprint density at radius 1 is 1.18 bits per heavy atom. The quantitative estimate of drug-likeness (QED) is 0.410. The van der Waals surface area contributed by atoms with Crippen molar-refractivity contribution >= 4 is 34.8 Å². The molecule has 0 aromatic heterocycles. The maximum Gasteiger partial charge on any atom is 0.275 e. The number of nitrogens with one attached hydrogen (secondary N) is 1. The number of hydrogen-bond acceptors (Lipinski definition) is 6. The second-order valence-corrected chi connectivity index (χ2v) is 6.77. The first-order chi connectivity index (χ1) is 13.5. The summed E-state index contributed by atoms with van der Waals surface area (Å²) in [6.45, 7) is 3.87. The van der Waals surface area contributed by atoms with E-state index in [1.807, 2.05) is 0 Å². The molecule has 3 rings (SSSR count). The minimum Gasteiger partial charge on any atom is -0.508 e. The maximum absolute atomic E-state index is 12.7. The largest absolute Gasteiger partial charge is 0.508 e. The van der Waals surface area contributed by atoms with E-state index in [1.165, 1.54) is 29.2 Å². The van der Waals surface area contributed by atoms with E-state index in [9.17, 15) is 19.8 Å². The third-order valence-electron chi connectivity index (χ3n) is 3.79. The molecular weight excluding hydrogens is 378 g/mol. The summed E-state index contributed by atoms with van der Waals surface area (Å²) in [4.78, 5) is 26.7. The molecule has 0 aliphatic carbocycles. The van der Waals surface area contributed by atoms with Crippen LogP contribution in [0.5, 0.6) is 11.5 Å². The maximum atomic E-state index is 12.7. The average molecular weight is 395 g/mol. The van der Waals surface area contributed by atoms with Crippen LogP contribution in [0.2, 0.25) is 0 Å². The highest BCUT2D eigenvalue weighted by atomic mass is 32.2. The number of amidine groups is 1. The summed E-state index contributed by atoms with van der Waals surface area (Å²) < 4.78 is 0. The topological polar surface area (TPSA) is 102 Å². The van der Waals surface area contributed by atoms with Crippen LogP contribution in [0.4, 0.5) is 0 Å². The lowest BCUT2D eigenvalue weighted by molar-refractivity contribution is -0.121. The van der Waals surface area contributed by atoms with Gasteiger partial charge in [-0.25, -0.2) is 5.43 Å². The molecule has 3 N–H and O–H groups in total. The van der Waals surface area contributed by atoms with Crippen molar-refractivity contribution in [3.05, 3.63) is 77.2 Å². The summed E-state index contributed by atoms with van der Waals surface area (Å²) in [5, 5.41) is 23.5. The fourth-order valence-corrected chi connectivity index (χ4v) is 3.38. The van der Waals surface area contributed by atoms with Crippen LogP contribution in [-0.4, -0.2) is 38.6 Å². The summed E-state index contributed by atoms with van der Waals surface area (Å²) in [7, 11) is 0. The number of hydrazone groups is 1. The number of rotatable bonds is 5. The van der Waals surface area contributed by atoms with E-state index in [1.54, 1.807) is 36.4 Å². The van der Waals surface area contributed by atoms with Gasteiger partial charge in [0.25, 0.3) is 11.8 Å². The molecular formula is C20H17N3O4S. The number of carbonyl (C=O) groups excluding carboxylic acids is 2. The van der Waals surface area contributed by atoms with E-state index < -0.39 is 5.91 Å². The van der Waals surface area contributed by atoms with Crippen LogP contribution in [-0.2, 0) is 4.79 Å². The Labute approximate surface area is 165 Å². The molecule has 0 spiro atoms. The minimum absolute atomic E-state index is 0.0799. The van der Waals surface area contributed by atoms with Crippen LogP contribution in [0, 0.1) is 0 Å². The van der Waals surface area contributed by atoms with E-state index in [0.29, 0.717) is 10.1 Å². The van der Waals surface area contributed by atoms with Crippen molar-refractivity contribution in [1.82, 2.24) is 10.3 Å². The molecule has 142 valence electrons. The molecule has 1 saturated heterocycles. The molecule has 0 atom stereocenters. The van der Waals surface area contributed by atoms with Gasteiger partial charge in [0.05, 0.1) is 10.5 Å². The van der Waals surface area contributed by atoms with Crippen molar-refractivity contribution in [3.63, 3.8) is 0 Å². The zero-order chi connectivity index (χ0) is 20.1. The number of thioether (sulfide) groups is 1. The first-order valence-electron chi connectivity index (χ1n) is 8.27. The van der Waals surface area contributed by atoms with Crippen LogP contribution in [0.15, 0.2) is 71.2 Å². The summed E-state index contributed by atoms with van der Waals surface area (Å²) in [6.07, 6.45) is 3.23. The number of carbonyl (C=O) groups is 2. The molecule has 8 heteroatoms. The summed E-state index contributed by atoms with van der Waals surface area (Å²) in [5.41, 5.74) is 3.18. The van der Waals surface area contributed by atoms with Crippen LogP contribution in [0.25, 0.3) is 6.08 Å². The molecule has 0 radical (unpaired) electrons. The van der Waals surface area contributed by atoms with Gasteiger partial charge in [-0.05, 0) is 47.7 Å². The highest BCUT2D eigenvalue weighted by Crippen LogP contribution is 2.32. The Morgan fingerprint density at radius 2 is 1.89 bits per heavy atom. The lowest BCUT2D eigenvalue weighted by atomic mass is 10.2. The molecule has 1 fully saturated rings. The number of nitrogens with zero attached hydrogens (tertiary/aromatic N) is 2. The number of phenolic OH excluding ortho intramolecular Hbond substituents is 2. The highest BCUT2D eigenvalue weighted by Gasteiger charge is 2.33. The van der Waals surface area contributed by atoms with Crippen molar-refractivity contribution in [2.24, 2.45) is 5.10 Å². The Balaban J connectivity index is 1.83. The van der Waals surface area contributed by atoms with Crippen molar-refractivity contribution in [3.8, 4) is 11.5 Å². The Kier molecular flexibility index (Phi) is 5.81. The Morgan fingerprint density at radius 3 is 2.57 bits per heavy atom. The molecule has 7 nitrogen and oxygen atoms in total. The standard InChI is InChI=1S/C20H17N3O4S/c1-2-11-23-19(27)17(12-13-7-9-14(24)10-8-13)28-20(23)22-21-18(26)15-5-3-4-6-16(15)25/h2-10,12,24-25H,1,11H2,(H,21,26)/b17-12-,22-20+. The van der Waals surface area contributed by atoms with E-state index in [0.717, 1.165) is 17.3 Å². The molecule has 1 aliphatic rings. The summed E-state index contributed by atoms with van der Waals surface area (Å²) >= 11 is 1.11. The first-order valence-corrected chi connectivity index (χ1v) is 9.08. The number of amides is 2. The van der Waals surface area contributed by atoms with Crippen LogP contribution in [0.3, 0.4) is 0 Å². The molecule has 2 aromatic rings. The fourth-order valence-electron chi connectivity index (χ4n) is 2.43. The SMILES string of the molecule is C=CCN1C(=O)/C(=C/c2ccc(O)cc2)S/C1=N/NC(=O)c1ccccc1O. The van der Waals surface area contributed by atoms with Crippen molar-refractivity contribution < 1.29 is 19.8 Å². The van der Waals surface area contributed by atoms with Gasteiger partial charge in [0.2, 0.25) is 0 Å². The fraction of sp³-hybridized carbons (Fsp3) is 0.0500. The van der Waals surface area contributed by atoms with Gasteiger partial charge in [0.15, 0.2) is 5.17 Å². The van der Waals surface area contributed by atoms with Gasteiger partial charge >= 0.3 is 0 Å². The molecule has 28 heavy (non-hydrogen) atoms. The molecule has 0 bridgehead atoms. The molecule has 2 aromatic carbocycles. The second kappa shape index (κ2) is 8.45. The number of aromatic hydroxyl groups is 2. The normalized spacial score (nSPS) is 16.6. The van der Waals surface area contributed by atoms with Crippen LogP contribution in [0.1, 0.15) is 15.9 Å². The third-order valence-corrected chi connectivity index (χ3v) is 4.80. The lowest BCUT2D eigenvalue weighted by Crippen LogP contribution is -2.31. The predicted molar refractivity (Wildman–Crippen MR) is 109 cm³/mol. The number of benzene rings is 2. The van der Waals surface area contributed by atoms with Gasteiger partial charge in [0.1, 0.15) is 11.5 Å². The van der Waals surface area contributed by atoms with Gasteiger partial charge in [-0.3, -0.25) is 14.5 Å². The summed E-state index contributed by atoms with van der Waals surface area (Å²) in [5.74, 6) is -0.886. The van der Waals surface area contributed by atoms with E-state index in [2.05, 4.69) is 17.1 Å². The third kappa shape index (κ3) is 4.24. The van der Waals surface area contributed by atoms with Crippen molar-refractivity contribution in [2.45, 2.75) is 0 Å². The van der Waals surface area contributed by atoms with Gasteiger partial charge < -0.3 is 10.2 Å². The second-order valence-electron chi connectivity index (χ2n) is 5.76. The van der Waals surface area contributed by atoms with Gasteiger partial charge in [-0.2, -0.15) is 0 Å². The Hall–Kier alpha value is -3.52. The molecule has 0 unspecified atom stereocenters. The van der Waals surface area contributed by atoms with Crippen LogP contribution >= 0.6 is 11.8 Å². The van der Waals surface area contributed by atoms with Crippen LogP contribution < -0.4 is 5.43 Å². The summed E-state index contributed by atoms with van der Waals surface area (Å²) in [6, 6.07) is 12.5. The molecule has 2 amide bonds. The van der Waals surface area contributed by atoms with Gasteiger partial charge in [-0.1, -0.05) is 30.3 Å². The number of phenols is 2. The zero-order valence-corrected chi connectivity index (χ0v) is 15.5. The number of para-hydroxylation sites is 1. The first kappa shape index (κ1) is 19.2. The monoisotopic (exact) mass is 395 g/mol. The Bertz CT molecular complexity index is 983. The number of hydrogen-bond donors (Lipinski definition) is 3. The smallest absolute Gasteiger partial charge is 0.275 e. The van der Waals surface area contributed by atoms with Crippen molar-refractivity contribution in [2.75, 3.05) is 6.54 Å². The predicted octanol–water partition coefficient (Wildman–Crippen LogP) is 2.90. The van der Waals surface area contributed by atoms with E-state index >= 15 is 0 Å². The lowest BCUT2D eigenvalue weighted by Gasteiger charge is -2.12. The average Bonchev–Trinajstić information content (AvgIpc) is 2.97. The molecule has 1 aliphatic heterocycles. The molecule has 0 saturated carbocycles. The van der Waals surface area contributed by atoms with Gasteiger partial charge in [0, 0.05) is 6.54 Å². The minimum atomic E-state index is -0.590. The molecule has 1 heterocycles. The zero-order valence-electron chi connectivity index (χ0n) is 14.7. The van der Waals surface area contributed by atoms with Crippen molar-refractivity contribution in [1.29, 1.82) is 0 Å². The van der Waals surface area contributed by atoms with Gasteiger partial charge in [-0.15, -0.1) is 11.7 Å². The van der Waals surface area contributed by atoms with E-state index in [4.69, 9.17) is 0 Å².